The zero-order valence-electron chi connectivity index (χ0n) is 19.6. The Kier molecular flexibility index (Phi) is 7.10. The van der Waals surface area contributed by atoms with Gasteiger partial charge in [0.1, 0.15) is 5.52 Å². The van der Waals surface area contributed by atoms with Crippen molar-refractivity contribution in [2.24, 2.45) is 5.92 Å². The van der Waals surface area contributed by atoms with Crippen LogP contribution in [0.4, 0.5) is 4.39 Å². The van der Waals surface area contributed by atoms with Gasteiger partial charge in [0.15, 0.2) is 11.0 Å². The molecule has 2 saturated heterocycles. The fourth-order valence-corrected chi connectivity index (χ4v) is 6.06. The highest BCUT2D eigenvalue weighted by Crippen LogP contribution is 2.34. The molecule has 1 amide bonds. The van der Waals surface area contributed by atoms with Gasteiger partial charge in [0, 0.05) is 37.8 Å². The van der Waals surface area contributed by atoms with Crippen molar-refractivity contribution in [2.45, 2.75) is 50.4 Å². The van der Waals surface area contributed by atoms with Crippen molar-refractivity contribution in [3.8, 4) is 0 Å². The number of piperidine rings is 2. The number of benzene rings is 1. The third kappa shape index (κ3) is 4.81. The lowest BCUT2D eigenvalue weighted by molar-refractivity contribution is -0.138. The predicted molar refractivity (Wildman–Crippen MR) is 131 cm³/mol. The van der Waals surface area contributed by atoms with Gasteiger partial charge in [-0.15, -0.1) is 0 Å². The van der Waals surface area contributed by atoms with Crippen molar-refractivity contribution in [1.29, 1.82) is 0 Å². The van der Waals surface area contributed by atoms with Crippen LogP contribution in [0, 0.1) is 11.7 Å². The number of hydrogen-bond donors (Lipinski definition) is 0. The van der Waals surface area contributed by atoms with Crippen LogP contribution in [-0.4, -0.2) is 67.4 Å². The second-order valence-corrected chi connectivity index (χ2v) is 10.4. The molecular weight excluding hydrogens is 451 g/mol. The molecule has 0 N–H and O–H groups in total. The number of para-hydroxylation sites is 1. The molecule has 180 valence electrons. The fourth-order valence-electron chi connectivity index (χ4n) is 5.26. The topological polar surface area (TPSA) is 67.2 Å². The first-order chi connectivity index (χ1) is 16.6. The summed E-state index contributed by atoms with van der Waals surface area (Å²) in [5, 5.41) is 8.67. The van der Waals surface area contributed by atoms with Crippen LogP contribution in [0.1, 0.15) is 44.2 Å². The van der Waals surface area contributed by atoms with Crippen molar-refractivity contribution in [3.05, 3.63) is 48.0 Å². The normalized spacial score (nSPS) is 18.6. The number of amides is 1. The zero-order chi connectivity index (χ0) is 23.5. The van der Waals surface area contributed by atoms with E-state index in [1.165, 1.54) is 6.07 Å². The highest BCUT2D eigenvalue weighted by atomic mass is 32.2. The predicted octanol–water partition coefficient (Wildman–Crippen LogP) is 4.15. The summed E-state index contributed by atoms with van der Waals surface area (Å²) in [6.07, 6.45) is 7.09. The van der Waals surface area contributed by atoms with E-state index in [0.29, 0.717) is 11.4 Å². The number of fused-ring (bicyclic) bond motifs is 1. The largest absolute Gasteiger partial charge is 0.342 e. The van der Waals surface area contributed by atoms with E-state index in [-0.39, 0.29) is 17.8 Å². The number of carbonyl (C=O) groups excluding carboxylic acids is 1. The van der Waals surface area contributed by atoms with Gasteiger partial charge in [0.05, 0.1) is 11.7 Å². The van der Waals surface area contributed by atoms with Crippen molar-refractivity contribution >= 4 is 28.7 Å². The van der Waals surface area contributed by atoms with Crippen molar-refractivity contribution in [2.75, 3.05) is 31.9 Å². The molecule has 5 rings (SSSR count). The maximum Gasteiger partial charge on any atom is 0.225 e. The van der Waals surface area contributed by atoms with Gasteiger partial charge in [0.25, 0.3) is 0 Å². The van der Waals surface area contributed by atoms with Crippen molar-refractivity contribution in [1.82, 2.24) is 29.5 Å². The second kappa shape index (κ2) is 10.4. The molecule has 0 saturated carbocycles. The second-order valence-electron chi connectivity index (χ2n) is 9.16. The Morgan fingerprint density at radius 3 is 2.59 bits per heavy atom. The maximum absolute atomic E-state index is 14.4. The summed E-state index contributed by atoms with van der Waals surface area (Å²) in [4.78, 5) is 22.3. The SMILES string of the molecule is CCSc1nc2c(F)cccc2n1C1CCN(C(=O)C2CCN(Cc3ccnnc3)CC2)CC1. The molecule has 4 heterocycles. The summed E-state index contributed by atoms with van der Waals surface area (Å²) >= 11 is 1.65. The molecule has 2 aromatic heterocycles. The van der Waals surface area contributed by atoms with Gasteiger partial charge in [-0.05, 0) is 68.3 Å². The number of carbonyl (C=O) groups is 1. The summed E-state index contributed by atoms with van der Waals surface area (Å²) in [6.45, 7) is 6.30. The molecule has 0 bridgehead atoms. The molecule has 0 spiro atoms. The summed E-state index contributed by atoms with van der Waals surface area (Å²) in [5.74, 6) is 1.03. The van der Waals surface area contributed by atoms with E-state index in [1.54, 1.807) is 24.0 Å². The maximum atomic E-state index is 14.4. The first kappa shape index (κ1) is 23.2. The number of nitrogens with zero attached hydrogens (tertiary/aromatic N) is 6. The van der Waals surface area contributed by atoms with Gasteiger partial charge >= 0.3 is 0 Å². The van der Waals surface area contributed by atoms with Gasteiger partial charge in [-0.2, -0.15) is 10.2 Å². The minimum absolute atomic E-state index is 0.109. The first-order valence-corrected chi connectivity index (χ1v) is 13.2. The highest BCUT2D eigenvalue weighted by molar-refractivity contribution is 7.99. The number of hydrogen-bond acceptors (Lipinski definition) is 6. The lowest BCUT2D eigenvalue weighted by Crippen LogP contribution is -2.45. The van der Waals surface area contributed by atoms with E-state index in [0.717, 1.165) is 80.4 Å². The minimum Gasteiger partial charge on any atom is -0.342 e. The van der Waals surface area contributed by atoms with Crippen LogP contribution in [0.15, 0.2) is 41.8 Å². The Morgan fingerprint density at radius 2 is 1.88 bits per heavy atom. The van der Waals surface area contributed by atoms with E-state index in [9.17, 15) is 9.18 Å². The van der Waals surface area contributed by atoms with Crippen molar-refractivity contribution < 1.29 is 9.18 Å². The third-order valence-electron chi connectivity index (χ3n) is 7.04. The molecule has 2 fully saturated rings. The molecular formula is C25H31FN6OS. The Hall–Kier alpha value is -2.52. The van der Waals surface area contributed by atoms with Gasteiger partial charge in [0.2, 0.25) is 5.91 Å². The lowest BCUT2D eigenvalue weighted by Gasteiger charge is -2.38. The fraction of sp³-hybridized carbons (Fsp3) is 0.520. The first-order valence-electron chi connectivity index (χ1n) is 12.2. The smallest absolute Gasteiger partial charge is 0.225 e. The number of likely N-dealkylation sites (tertiary alicyclic amines) is 2. The van der Waals surface area contributed by atoms with Crippen LogP contribution in [0.3, 0.4) is 0 Å². The molecule has 0 unspecified atom stereocenters. The van der Waals surface area contributed by atoms with Crippen LogP contribution in [-0.2, 0) is 11.3 Å². The Morgan fingerprint density at radius 1 is 1.09 bits per heavy atom. The third-order valence-corrected chi connectivity index (χ3v) is 7.88. The molecule has 2 aliphatic rings. The van der Waals surface area contributed by atoms with Gasteiger partial charge < -0.3 is 9.47 Å². The minimum atomic E-state index is -0.270. The molecule has 0 radical (unpaired) electrons. The van der Waals surface area contributed by atoms with Crippen LogP contribution in [0.25, 0.3) is 11.0 Å². The lowest BCUT2D eigenvalue weighted by atomic mass is 9.93. The van der Waals surface area contributed by atoms with Crippen LogP contribution in [0.2, 0.25) is 0 Å². The van der Waals surface area contributed by atoms with E-state index >= 15 is 0 Å². The van der Waals surface area contributed by atoms with Gasteiger partial charge in [-0.1, -0.05) is 24.8 Å². The van der Waals surface area contributed by atoms with Crippen molar-refractivity contribution in [3.63, 3.8) is 0 Å². The summed E-state index contributed by atoms with van der Waals surface area (Å²) in [6, 6.07) is 7.42. The van der Waals surface area contributed by atoms with E-state index in [2.05, 4.69) is 36.5 Å². The van der Waals surface area contributed by atoms with Gasteiger partial charge in [-0.3, -0.25) is 9.69 Å². The molecule has 9 heteroatoms. The highest BCUT2D eigenvalue weighted by Gasteiger charge is 2.32. The summed E-state index contributed by atoms with van der Waals surface area (Å²) in [5.41, 5.74) is 2.47. The Labute approximate surface area is 203 Å². The van der Waals surface area contributed by atoms with E-state index in [4.69, 9.17) is 0 Å². The Balaban J connectivity index is 1.19. The standard InChI is InChI=1S/C25H31FN6OS/c1-2-34-25-29-23-21(26)4-3-5-22(23)32(25)20-9-14-31(15-10-20)24(33)19-7-12-30(13-8-19)17-18-6-11-27-28-16-18/h3-6,11,16,19-20H,2,7-10,12-15,17H2,1H3. The van der Waals surface area contributed by atoms with E-state index < -0.39 is 0 Å². The van der Waals surface area contributed by atoms with E-state index in [1.807, 2.05) is 18.3 Å². The zero-order valence-corrected chi connectivity index (χ0v) is 20.4. The molecule has 2 aliphatic heterocycles. The summed E-state index contributed by atoms with van der Waals surface area (Å²) in [7, 11) is 0. The molecule has 0 atom stereocenters. The molecule has 1 aromatic carbocycles. The quantitative estimate of drug-likeness (QED) is 0.492. The average molecular weight is 483 g/mol. The molecule has 34 heavy (non-hydrogen) atoms. The number of aromatic nitrogens is 4. The summed E-state index contributed by atoms with van der Waals surface area (Å²) < 4.78 is 16.6. The number of imidazole rings is 1. The van der Waals surface area contributed by atoms with Crippen LogP contribution in [0.5, 0.6) is 0 Å². The molecule has 3 aromatic rings. The Bertz CT molecular complexity index is 1120. The average Bonchev–Trinajstić information content (AvgIpc) is 3.24. The van der Waals surface area contributed by atoms with Crippen LogP contribution < -0.4 is 0 Å². The number of thioether (sulfide) groups is 1. The number of halogens is 1. The number of rotatable bonds is 6. The molecule has 0 aliphatic carbocycles. The van der Waals surface area contributed by atoms with Gasteiger partial charge in [-0.25, -0.2) is 9.37 Å². The molecule has 7 nitrogen and oxygen atoms in total. The van der Waals surface area contributed by atoms with Crippen LogP contribution >= 0.6 is 11.8 Å². The monoisotopic (exact) mass is 482 g/mol.